The van der Waals surface area contributed by atoms with E-state index in [1.807, 2.05) is 13.8 Å². The maximum Gasteiger partial charge on any atom is 0.160 e. The average molecular weight is 220 g/mol. The Morgan fingerprint density at radius 1 is 1.21 bits per heavy atom. The van der Waals surface area contributed by atoms with Crippen molar-refractivity contribution in [2.75, 3.05) is 0 Å². The molecule has 14 heavy (non-hydrogen) atoms. The fourth-order valence-electron chi connectivity index (χ4n) is 1.15. The summed E-state index contributed by atoms with van der Waals surface area (Å²) in [6, 6.07) is 1.63. The quantitative estimate of drug-likeness (QED) is 0.759. The number of benzene rings is 1. The summed E-state index contributed by atoms with van der Waals surface area (Å²) in [4.78, 5) is 0. The molecule has 0 aliphatic heterocycles. The Labute approximate surface area is 86.9 Å². The van der Waals surface area contributed by atoms with Gasteiger partial charge in [0.05, 0.1) is 0 Å². The zero-order valence-electron chi connectivity index (χ0n) is 8.02. The summed E-state index contributed by atoms with van der Waals surface area (Å²) in [6.07, 6.45) is 0. The molecule has 1 aromatic rings. The highest BCUT2D eigenvalue weighted by atomic mass is 35.5. The van der Waals surface area contributed by atoms with E-state index in [1.54, 1.807) is 0 Å². The summed E-state index contributed by atoms with van der Waals surface area (Å²) < 4.78 is 25.6. The minimum Gasteiger partial charge on any atom is -0.324 e. The molecule has 0 heterocycles. The molecule has 0 bridgehead atoms. The van der Waals surface area contributed by atoms with Crippen molar-refractivity contribution >= 4 is 11.6 Å². The van der Waals surface area contributed by atoms with Crippen LogP contribution in [-0.4, -0.2) is 0 Å². The third kappa shape index (κ3) is 2.22. The predicted molar refractivity (Wildman–Crippen MR) is 53.1 cm³/mol. The van der Waals surface area contributed by atoms with Crippen LogP contribution in [0.1, 0.15) is 25.5 Å². The first-order chi connectivity index (χ1) is 6.43. The highest BCUT2D eigenvalue weighted by molar-refractivity contribution is 6.31. The Bertz CT molecular complexity index is 339. The van der Waals surface area contributed by atoms with Gasteiger partial charge >= 0.3 is 0 Å². The minimum atomic E-state index is -0.949. The average Bonchev–Trinajstić information content (AvgIpc) is 2.10. The summed E-state index contributed by atoms with van der Waals surface area (Å²) in [7, 11) is 0. The molecule has 1 rings (SSSR count). The lowest BCUT2D eigenvalue weighted by Crippen LogP contribution is -2.17. The maximum absolute atomic E-state index is 12.9. The van der Waals surface area contributed by atoms with Crippen molar-refractivity contribution in [3.05, 3.63) is 34.4 Å². The van der Waals surface area contributed by atoms with Gasteiger partial charge in [-0.1, -0.05) is 25.4 Å². The van der Waals surface area contributed by atoms with Gasteiger partial charge in [-0.3, -0.25) is 0 Å². The van der Waals surface area contributed by atoms with Crippen LogP contribution in [0, 0.1) is 17.6 Å². The van der Waals surface area contributed by atoms with E-state index in [9.17, 15) is 8.78 Å². The lowest BCUT2D eigenvalue weighted by Gasteiger charge is -2.17. The maximum atomic E-state index is 12.9. The molecule has 0 aliphatic carbocycles. The van der Waals surface area contributed by atoms with Gasteiger partial charge in [-0.2, -0.15) is 0 Å². The van der Waals surface area contributed by atoms with Crippen molar-refractivity contribution in [2.24, 2.45) is 11.7 Å². The van der Waals surface area contributed by atoms with Crippen molar-refractivity contribution in [2.45, 2.75) is 19.9 Å². The van der Waals surface area contributed by atoms with E-state index in [-0.39, 0.29) is 17.0 Å². The predicted octanol–water partition coefficient (Wildman–Crippen LogP) is 3.27. The lowest BCUT2D eigenvalue weighted by atomic mass is 9.97. The molecule has 0 unspecified atom stereocenters. The molecule has 0 saturated carbocycles. The summed E-state index contributed by atoms with van der Waals surface area (Å²) in [6.45, 7) is 3.78. The van der Waals surface area contributed by atoms with Crippen molar-refractivity contribution in [1.29, 1.82) is 0 Å². The summed E-state index contributed by atoms with van der Waals surface area (Å²) in [5.41, 5.74) is 6.23. The van der Waals surface area contributed by atoms with Gasteiger partial charge in [0.2, 0.25) is 0 Å². The minimum absolute atomic E-state index is 0.123. The molecule has 0 aromatic heterocycles. The van der Waals surface area contributed by atoms with Crippen molar-refractivity contribution in [3.63, 3.8) is 0 Å². The largest absolute Gasteiger partial charge is 0.324 e. The van der Waals surface area contributed by atoms with E-state index in [0.717, 1.165) is 12.1 Å². The Kier molecular flexibility index (Phi) is 3.45. The normalized spacial score (nSPS) is 13.4. The summed E-state index contributed by atoms with van der Waals surface area (Å²) >= 11 is 5.75. The second-order valence-corrected chi connectivity index (χ2v) is 3.96. The van der Waals surface area contributed by atoms with Gasteiger partial charge in [-0.05, 0) is 23.6 Å². The van der Waals surface area contributed by atoms with Crippen LogP contribution in [0.4, 0.5) is 8.78 Å². The molecule has 0 spiro atoms. The molecular weight excluding hydrogens is 208 g/mol. The Morgan fingerprint density at radius 3 is 2.21 bits per heavy atom. The summed E-state index contributed by atoms with van der Waals surface area (Å²) in [5, 5.41) is 0.171. The van der Waals surface area contributed by atoms with Crippen LogP contribution in [0.15, 0.2) is 12.1 Å². The van der Waals surface area contributed by atoms with Crippen LogP contribution in [-0.2, 0) is 0 Å². The molecule has 4 heteroatoms. The fraction of sp³-hybridized carbons (Fsp3) is 0.400. The van der Waals surface area contributed by atoms with E-state index < -0.39 is 11.6 Å². The number of rotatable bonds is 2. The van der Waals surface area contributed by atoms with E-state index in [1.165, 1.54) is 0 Å². The topological polar surface area (TPSA) is 26.0 Å². The van der Waals surface area contributed by atoms with Gasteiger partial charge in [0.1, 0.15) is 0 Å². The van der Waals surface area contributed by atoms with Crippen LogP contribution in [0.3, 0.4) is 0 Å². The standard InChI is InChI=1S/C10H12ClF2N/c1-5(2)10(14)6-3-8(12)9(13)4-7(6)11/h3-5,10H,14H2,1-2H3/t10-/m0/s1. The first kappa shape index (κ1) is 11.4. The molecule has 0 fully saturated rings. The molecule has 1 atom stereocenters. The number of halogens is 3. The van der Waals surface area contributed by atoms with Crippen LogP contribution >= 0.6 is 11.6 Å². The SMILES string of the molecule is CC(C)[C@H](N)c1cc(F)c(F)cc1Cl. The van der Waals surface area contributed by atoms with E-state index >= 15 is 0 Å². The summed E-state index contributed by atoms with van der Waals surface area (Å²) in [5.74, 6) is -1.74. The van der Waals surface area contributed by atoms with Crippen LogP contribution < -0.4 is 5.73 Å². The van der Waals surface area contributed by atoms with Crippen LogP contribution in [0.5, 0.6) is 0 Å². The Morgan fingerprint density at radius 2 is 1.71 bits per heavy atom. The van der Waals surface area contributed by atoms with E-state index in [2.05, 4.69) is 0 Å². The monoisotopic (exact) mass is 219 g/mol. The molecular formula is C10H12ClF2N. The fourth-order valence-corrected chi connectivity index (χ4v) is 1.43. The second kappa shape index (κ2) is 4.24. The van der Waals surface area contributed by atoms with Gasteiger partial charge in [0.15, 0.2) is 11.6 Å². The van der Waals surface area contributed by atoms with E-state index in [4.69, 9.17) is 17.3 Å². The lowest BCUT2D eigenvalue weighted by molar-refractivity contribution is 0.488. The number of hydrogen-bond acceptors (Lipinski definition) is 1. The van der Waals surface area contributed by atoms with Crippen molar-refractivity contribution in [3.8, 4) is 0 Å². The van der Waals surface area contributed by atoms with Crippen LogP contribution in [0.2, 0.25) is 5.02 Å². The third-order valence-corrected chi connectivity index (χ3v) is 2.44. The molecule has 0 radical (unpaired) electrons. The zero-order chi connectivity index (χ0) is 10.9. The molecule has 0 aliphatic rings. The number of nitrogens with two attached hydrogens (primary N) is 1. The van der Waals surface area contributed by atoms with Crippen LogP contribution in [0.25, 0.3) is 0 Å². The van der Waals surface area contributed by atoms with Gasteiger partial charge in [0.25, 0.3) is 0 Å². The molecule has 78 valence electrons. The Hall–Kier alpha value is -0.670. The highest BCUT2D eigenvalue weighted by Crippen LogP contribution is 2.28. The third-order valence-electron chi connectivity index (χ3n) is 2.12. The van der Waals surface area contributed by atoms with Gasteiger partial charge in [0, 0.05) is 11.1 Å². The molecule has 0 saturated heterocycles. The number of hydrogen-bond donors (Lipinski definition) is 1. The highest BCUT2D eigenvalue weighted by Gasteiger charge is 2.16. The molecule has 1 aromatic carbocycles. The molecule has 1 nitrogen and oxygen atoms in total. The molecule has 0 amide bonds. The van der Waals surface area contributed by atoms with Crippen molar-refractivity contribution < 1.29 is 8.78 Å². The smallest absolute Gasteiger partial charge is 0.160 e. The first-order valence-electron chi connectivity index (χ1n) is 4.33. The van der Waals surface area contributed by atoms with Crippen molar-refractivity contribution in [1.82, 2.24) is 0 Å². The van der Waals surface area contributed by atoms with Gasteiger partial charge in [-0.25, -0.2) is 8.78 Å². The zero-order valence-corrected chi connectivity index (χ0v) is 8.78. The second-order valence-electron chi connectivity index (χ2n) is 3.56. The van der Waals surface area contributed by atoms with Gasteiger partial charge < -0.3 is 5.73 Å². The van der Waals surface area contributed by atoms with Gasteiger partial charge in [-0.15, -0.1) is 0 Å². The molecule has 2 N–H and O–H groups in total. The first-order valence-corrected chi connectivity index (χ1v) is 4.71. The van der Waals surface area contributed by atoms with E-state index in [0.29, 0.717) is 5.56 Å². The Balaban J connectivity index is 3.15.